The Morgan fingerprint density at radius 1 is 0.745 bits per heavy atom. The van der Waals surface area contributed by atoms with Gasteiger partial charge in [-0.2, -0.15) is 0 Å². The molecule has 0 saturated heterocycles. The molecule has 0 atom stereocenters. The first-order valence-corrected chi connectivity index (χ1v) is 16.2. The molecular weight excluding hydrogens is 576 g/mol. The predicted octanol–water partition coefficient (Wildman–Crippen LogP) is 9.70. The number of para-hydroxylation sites is 2. The van der Waals surface area contributed by atoms with Crippen LogP contribution in [0, 0.1) is 17.9 Å². The number of anilines is 1. The van der Waals surface area contributed by atoms with Crippen LogP contribution in [0.15, 0.2) is 132 Å². The third-order valence-electron chi connectivity index (χ3n) is 9.27. The van der Waals surface area contributed by atoms with Gasteiger partial charge in [-0.25, -0.2) is 10.1 Å². The number of aromatic nitrogens is 1. The monoisotopic (exact) mass is 608 g/mol. The van der Waals surface area contributed by atoms with Gasteiger partial charge in [0.15, 0.2) is 0 Å². The SMILES string of the molecule is [C-]#[N+]C(C#N)=C1C=C(C=Cc2cc3c4c(c2)CCCN4CCC3)OC(C=Cc2ccc3c(c2)c2ccccc2n3-c2ccccc2)=C1. The van der Waals surface area contributed by atoms with Crippen molar-refractivity contribution in [2.24, 2.45) is 0 Å². The lowest BCUT2D eigenvalue weighted by atomic mass is 9.90. The molecule has 226 valence electrons. The third kappa shape index (κ3) is 5.33. The van der Waals surface area contributed by atoms with E-state index in [1.54, 1.807) is 12.2 Å². The van der Waals surface area contributed by atoms with E-state index < -0.39 is 0 Å². The Bertz CT molecular complexity index is 2250. The number of allylic oxidation sites excluding steroid dienone is 6. The number of rotatable bonds is 5. The number of nitrogens with zero attached hydrogens (tertiary/aromatic N) is 4. The number of hydrogen-bond acceptors (Lipinski definition) is 3. The zero-order valence-corrected chi connectivity index (χ0v) is 26.0. The summed E-state index contributed by atoms with van der Waals surface area (Å²) in [6, 6.07) is 32.0. The van der Waals surface area contributed by atoms with Gasteiger partial charge in [-0.3, -0.25) is 0 Å². The minimum Gasteiger partial charge on any atom is -0.457 e. The molecule has 0 aliphatic carbocycles. The second-order valence-corrected chi connectivity index (χ2v) is 12.2. The molecule has 47 heavy (non-hydrogen) atoms. The molecule has 8 rings (SSSR count). The highest BCUT2D eigenvalue weighted by molar-refractivity contribution is 6.09. The van der Waals surface area contributed by atoms with Crippen LogP contribution in [0.2, 0.25) is 0 Å². The molecule has 3 aliphatic rings. The normalized spacial score (nSPS) is 16.9. The summed E-state index contributed by atoms with van der Waals surface area (Å²) < 4.78 is 8.60. The highest BCUT2D eigenvalue weighted by Crippen LogP contribution is 2.37. The fourth-order valence-corrected chi connectivity index (χ4v) is 7.23. The summed E-state index contributed by atoms with van der Waals surface area (Å²) in [6.07, 6.45) is 16.1. The zero-order chi connectivity index (χ0) is 31.7. The van der Waals surface area contributed by atoms with Crippen LogP contribution >= 0.6 is 0 Å². The third-order valence-corrected chi connectivity index (χ3v) is 9.27. The Hall–Kier alpha value is -6.04. The second-order valence-electron chi connectivity index (χ2n) is 12.2. The van der Waals surface area contributed by atoms with Crippen LogP contribution in [0.1, 0.15) is 35.1 Å². The minimum absolute atomic E-state index is 0.0403. The maximum Gasteiger partial charge on any atom is 0.269 e. The minimum atomic E-state index is 0.0403. The second kappa shape index (κ2) is 12.0. The van der Waals surface area contributed by atoms with Crippen molar-refractivity contribution in [3.05, 3.63) is 166 Å². The van der Waals surface area contributed by atoms with Gasteiger partial charge < -0.3 is 14.2 Å². The van der Waals surface area contributed by atoms with Crippen LogP contribution < -0.4 is 4.90 Å². The van der Waals surface area contributed by atoms with Crippen molar-refractivity contribution in [1.82, 2.24) is 4.57 Å². The Labute approximate surface area is 274 Å². The molecule has 4 aromatic carbocycles. The lowest BCUT2D eigenvalue weighted by molar-refractivity contribution is 0.332. The quantitative estimate of drug-likeness (QED) is 0.147. The number of nitriles is 1. The van der Waals surface area contributed by atoms with Gasteiger partial charge in [0.2, 0.25) is 0 Å². The molecule has 0 unspecified atom stereocenters. The van der Waals surface area contributed by atoms with Gasteiger partial charge in [0.25, 0.3) is 5.70 Å². The van der Waals surface area contributed by atoms with Gasteiger partial charge in [0.1, 0.15) is 11.5 Å². The summed E-state index contributed by atoms with van der Waals surface area (Å²) >= 11 is 0. The smallest absolute Gasteiger partial charge is 0.269 e. The average Bonchev–Trinajstić information content (AvgIpc) is 3.45. The molecule has 0 saturated carbocycles. The first-order valence-electron chi connectivity index (χ1n) is 16.2. The number of benzene rings is 4. The van der Waals surface area contributed by atoms with Crippen LogP contribution in [0.4, 0.5) is 5.69 Å². The van der Waals surface area contributed by atoms with E-state index in [0.717, 1.165) is 53.8 Å². The van der Waals surface area contributed by atoms with Crippen molar-refractivity contribution < 1.29 is 4.74 Å². The van der Waals surface area contributed by atoms with Crippen molar-refractivity contribution in [2.75, 3.05) is 18.0 Å². The largest absolute Gasteiger partial charge is 0.457 e. The van der Waals surface area contributed by atoms with E-state index in [9.17, 15) is 5.26 Å². The van der Waals surface area contributed by atoms with E-state index in [2.05, 4.69) is 99.3 Å². The van der Waals surface area contributed by atoms with E-state index in [-0.39, 0.29) is 5.70 Å². The number of fused-ring (bicyclic) bond motifs is 3. The van der Waals surface area contributed by atoms with E-state index >= 15 is 0 Å². The Balaban J connectivity index is 1.11. The Morgan fingerprint density at radius 3 is 2.11 bits per heavy atom. The molecule has 0 N–H and O–H groups in total. The molecule has 0 radical (unpaired) electrons. The summed E-state index contributed by atoms with van der Waals surface area (Å²) in [5.41, 5.74) is 10.5. The fraction of sp³-hybridized carbons (Fsp3) is 0.143. The molecule has 5 heteroatoms. The van der Waals surface area contributed by atoms with Crippen molar-refractivity contribution in [3.63, 3.8) is 0 Å². The van der Waals surface area contributed by atoms with Gasteiger partial charge in [0.05, 0.1) is 23.7 Å². The molecule has 4 heterocycles. The standard InChI is InChI=1S/C42H32N4O/c1-44-39(28-43)33-26-35(47-36(27-33)19-16-30-23-31-9-7-21-45-22-8-10-32(24-30)42(31)45)18-15-29-17-20-41-38(25-29)37-13-5-6-14-40(37)46(41)34-11-3-2-4-12-34/h2-6,11-20,23-27H,7-10,21-22H2. The molecule has 0 amide bonds. The van der Waals surface area contributed by atoms with Crippen LogP contribution in [-0.2, 0) is 17.6 Å². The maximum absolute atomic E-state index is 9.67. The average molecular weight is 609 g/mol. The van der Waals surface area contributed by atoms with Gasteiger partial charge >= 0.3 is 0 Å². The van der Waals surface area contributed by atoms with Crippen molar-refractivity contribution >= 4 is 39.6 Å². The summed E-state index contributed by atoms with van der Waals surface area (Å²) in [6.45, 7) is 9.87. The van der Waals surface area contributed by atoms with Crippen LogP contribution in [-0.4, -0.2) is 17.7 Å². The summed E-state index contributed by atoms with van der Waals surface area (Å²) in [5.74, 6) is 1.16. The predicted molar refractivity (Wildman–Crippen MR) is 191 cm³/mol. The van der Waals surface area contributed by atoms with E-state index in [0.29, 0.717) is 17.1 Å². The lowest BCUT2D eigenvalue weighted by Crippen LogP contribution is -2.34. The fourth-order valence-electron chi connectivity index (χ4n) is 7.23. The summed E-state index contributed by atoms with van der Waals surface area (Å²) in [7, 11) is 0. The van der Waals surface area contributed by atoms with Crippen LogP contribution in [0.5, 0.6) is 0 Å². The van der Waals surface area contributed by atoms with E-state index in [1.165, 1.54) is 40.4 Å². The van der Waals surface area contributed by atoms with E-state index in [1.807, 2.05) is 30.4 Å². The molecule has 1 aromatic heterocycles. The Kier molecular flexibility index (Phi) is 7.29. The molecule has 0 fully saturated rings. The first kappa shape index (κ1) is 28.4. The number of ether oxygens (including phenoxy) is 1. The number of hydrogen-bond donors (Lipinski definition) is 0. The first-order chi connectivity index (χ1) is 23.2. The summed E-state index contributed by atoms with van der Waals surface area (Å²) in [5, 5.41) is 12.0. The van der Waals surface area contributed by atoms with Crippen molar-refractivity contribution in [3.8, 4) is 11.8 Å². The lowest BCUT2D eigenvalue weighted by Gasteiger charge is -2.37. The molecule has 0 bridgehead atoms. The molecule has 5 nitrogen and oxygen atoms in total. The van der Waals surface area contributed by atoms with Crippen molar-refractivity contribution in [1.29, 1.82) is 5.26 Å². The highest BCUT2D eigenvalue weighted by Gasteiger charge is 2.24. The molecule has 0 spiro atoms. The zero-order valence-electron chi connectivity index (χ0n) is 26.0. The van der Waals surface area contributed by atoms with E-state index in [4.69, 9.17) is 11.3 Å². The van der Waals surface area contributed by atoms with Gasteiger partial charge in [-0.15, -0.1) is 0 Å². The topological polar surface area (TPSA) is 45.6 Å². The molecular formula is C42H32N4O. The van der Waals surface area contributed by atoms with Crippen molar-refractivity contribution in [2.45, 2.75) is 25.7 Å². The molecule has 5 aromatic rings. The van der Waals surface area contributed by atoms with Gasteiger partial charge in [-0.1, -0.05) is 54.6 Å². The Morgan fingerprint density at radius 2 is 1.40 bits per heavy atom. The maximum atomic E-state index is 9.67. The van der Waals surface area contributed by atoms with Crippen LogP contribution in [0.25, 0.3) is 44.5 Å². The van der Waals surface area contributed by atoms with Crippen LogP contribution in [0.3, 0.4) is 0 Å². The molecule has 3 aliphatic heterocycles. The van der Waals surface area contributed by atoms with Gasteiger partial charge in [-0.05, 0) is 120 Å². The number of aryl methyl sites for hydroxylation is 2. The summed E-state index contributed by atoms with van der Waals surface area (Å²) in [4.78, 5) is 6.03. The highest BCUT2D eigenvalue weighted by atomic mass is 16.5. The van der Waals surface area contributed by atoms with Gasteiger partial charge in [0, 0.05) is 35.2 Å².